The number of carbonyl (C=O) groups excluding carboxylic acids is 1. The molecule has 44 heavy (non-hydrogen) atoms. The van der Waals surface area contributed by atoms with Crippen molar-refractivity contribution in [1.29, 1.82) is 0 Å². The third-order valence-electron chi connectivity index (χ3n) is 9.69. The molecule has 1 saturated heterocycles. The van der Waals surface area contributed by atoms with Crippen LogP contribution in [-0.4, -0.2) is 80.3 Å². The fraction of sp³-hybridized carbons (Fsp3) is 0.500. The molecule has 0 bridgehead atoms. The molecule has 1 unspecified atom stereocenters. The highest BCUT2D eigenvalue weighted by Crippen LogP contribution is 2.33. The molecule has 1 amide bonds. The maximum absolute atomic E-state index is 13.4. The van der Waals surface area contributed by atoms with Crippen LogP contribution in [0.4, 0.5) is 0 Å². The molecule has 5 rings (SSSR count). The summed E-state index contributed by atoms with van der Waals surface area (Å²) in [4.78, 5) is 18.5. The number of carbonyl (C=O) groups is 1. The van der Waals surface area contributed by atoms with Gasteiger partial charge >= 0.3 is 0 Å². The van der Waals surface area contributed by atoms with Gasteiger partial charge < -0.3 is 14.8 Å². The quantitative estimate of drug-likeness (QED) is 0.223. The average Bonchev–Trinajstić information content (AvgIpc) is 3.08. The number of nitrogens with zero attached hydrogens (tertiary/aromatic N) is 2. The van der Waals surface area contributed by atoms with Crippen LogP contribution in [0.5, 0.6) is 5.75 Å². The second-order valence-corrected chi connectivity index (χ2v) is 12.6. The molecule has 0 aromatic heterocycles. The SMILES string of the molecule is CCN(CCOC)C1(CNC(=O)c2cccc(OC3CCCN(CC(c4ccccc4)c4ccccc4)C3)c2)CCCCC1. The molecular weight excluding hydrogens is 546 g/mol. The van der Waals surface area contributed by atoms with E-state index in [0.717, 1.165) is 64.2 Å². The van der Waals surface area contributed by atoms with Gasteiger partial charge in [-0.05, 0) is 68.1 Å². The standard InChI is InChI=1S/C38H51N3O3/c1-3-41(25-26-43-2)38(22-11-6-12-23-38)30-39-37(42)33-19-13-20-34(27-33)44-35-21-14-24-40(28-35)29-36(31-15-7-4-8-16-31)32-17-9-5-10-18-32/h4-5,7-10,13,15-20,27,35-36H,3,6,11-12,14,21-26,28-30H2,1-2H3,(H,39,42). The number of ether oxygens (including phenoxy) is 2. The average molecular weight is 598 g/mol. The van der Waals surface area contributed by atoms with Crippen molar-refractivity contribution in [3.63, 3.8) is 0 Å². The van der Waals surface area contributed by atoms with E-state index >= 15 is 0 Å². The fourth-order valence-corrected chi connectivity index (χ4v) is 7.30. The van der Waals surface area contributed by atoms with Gasteiger partial charge in [0.05, 0.1) is 6.61 Å². The number of rotatable bonds is 14. The lowest BCUT2D eigenvalue weighted by Gasteiger charge is -2.46. The summed E-state index contributed by atoms with van der Waals surface area (Å²) >= 11 is 0. The molecule has 6 nitrogen and oxygen atoms in total. The molecule has 3 aromatic carbocycles. The van der Waals surface area contributed by atoms with Crippen LogP contribution in [0.3, 0.4) is 0 Å². The Bertz CT molecular complexity index is 1240. The normalized spacial score (nSPS) is 18.8. The van der Waals surface area contributed by atoms with Gasteiger partial charge in [0, 0.05) is 50.3 Å². The summed E-state index contributed by atoms with van der Waals surface area (Å²) in [5, 5.41) is 3.31. The van der Waals surface area contributed by atoms with Crippen LogP contribution in [0.25, 0.3) is 0 Å². The van der Waals surface area contributed by atoms with E-state index < -0.39 is 0 Å². The van der Waals surface area contributed by atoms with E-state index in [4.69, 9.17) is 9.47 Å². The van der Waals surface area contributed by atoms with Gasteiger partial charge in [-0.1, -0.05) is 92.9 Å². The van der Waals surface area contributed by atoms with E-state index in [1.165, 1.54) is 30.4 Å². The number of amides is 1. The number of nitrogens with one attached hydrogen (secondary N) is 1. The first-order valence-electron chi connectivity index (χ1n) is 16.7. The van der Waals surface area contributed by atoms with Crippen molar-refractivity contribution >= 4 is 5.91 Å². The lowest BCUT2D eigenvalue weighted by Crippen LogP contribution is -2.57. The number of hydrogen-bond donors (Lipinski definition) is 1. The van der Waals surface area contributed by atoms with Crippen LogP contribution in [0.1, 0.15) is 79.3 Å². The topological polar surface area (TPSA) is 54.0 Å². The van der Waals surface area contributed by atoms with Crippen molar-refractivity contribution in [2.75, 3.05) is 53.0 Å². The summed E-state index contributed by atoms with van der Waals surface area (Å²) in [5.41, 5.74) is 3.35. The number of hydrogen-bond acceptors (Lipinski definition) is 5. The number of likely N-dealkylation sites (N-methyl/N-ethyl adjacent to an activating group) is 1. The van der Waals surface area contributed by atoms with Gasteiger partial charge in [0.15, 0.2) is 0 Å². The van der Waals surface area contributed by atoms with Gasteiger partial charge in [0.25, 0.3) is 5.91 Å². The highest BCUT2D eigenvalue weighted by atomic mass is 16.5. The van der Waals surface area contributed by atoms with Crippen LogP contribution in [0, 0.1) is 0 Å². The summed E-state index contributed by atoms with van der Waals surface area (Å²) in [6, 6.07) is 29.4. The highest BCUT2D eigenvalue weighted by molar-refractivity contribution is 5.94. The summed E-state index contributed by atoms with van der Waals surface area (Å²) < 4.78 is 11.9. The van der Waals surface area contributed by atoms with Crippen molar-refractivity contribution in [2.24, 2.45) is 0 Å². The molecule has 0 radical (unpaired) electrons. The zero-order valence-corrected chi connectivity index (χ0v) is 26.8. The Hall–Kier alpha value is -3.19. The lowest BCUT2D eigenvalue weighted by atomic mass is 9.80. The van der Waals surface area contributed by atoms with Gasteiger partial charge in [-0.25, -0.2) is 0 Å². The molecule has 2 fully saturated rings. The molecule has 3 aromatic rings. The van der Waals surface area contributed by atoms with Crippen LogP contribution < -0.4 is 10.1 Å². The summed E-state index contributed by atoms with van der Waals surface area (Å²) in [6.07, 6.45) is 8.12. The Morgan fingerprint density at radius 2 is 1.66 bits per heavy atom. The van der Waals surface area contributed by atoms with Crippen LogP contribution in [-0.2, 0) is 4.74 Å². The Morgan fingerprint density at radius 1 is 0.955 bits per heavy atom. The molecule has 1 N–H and O–H groups in total. The lowest BCUT2D eigenvalue weighted by molar-refractivity contribution is 0.0310. The van der Waals surface area contributed by atoms with Crippen molar-refractivity contribution in [1.82, 2.24) is 15.1 Å². The second kappa shape index (κ2) is 16.2. The van der Waals surface area contributed by atoms with Crippen molar-refractivity contribution in [3.8, 4) is 5.75 Å². The Morgan fingerprint density at radius 3 is 2.32 bits per heavy atom. The summed E-state index contributed by atoms with van der Waals surface area (Å²) in [5.74, 6) is 1.06. The predicted molar refractivity (Wildman–Crippen MR) is 179 cm³/mol. The van der Waals surface area contributed by atoms with Gasteiger partial charge in [-0.3, -0.25) is 14.6 Å². The maximum Gasteiger partial charge on any atom is 0.251 e. The third kappa shape index (κ3) is 8.50. The van der Waals surface area contributed by atoms with E-state index in [-0.39, 0.29) is 17.6 Å². The van der Waals surface area contributed by atoms with Gasteiger partial charge in [0.1, 0.15) is 11.9 Å². The Balaban J connectivity index is 1.20. The van der Waals surface area contributed by atoms with Crippen LogP contribution in [0.2, 0.25) is 0 Å². The zero-order chi connectivity index (χ0) is 30.6. The number of piperidine rings is 1. The molecule has 0 spiro atoms. The predicted octanol–water partition coefficient (Wildman–Crippen LogP) is 6.76. The zero-order valence-electron chi connectivity index (χ0n) is 26.8. The molecule has 6 heteroatoms. The van der Waals surface area contributed by atoms with E-state index in [0.29, 0.717) is 24.6 Å². The molecular formula is C38H51N3O3. The molecule has 1 heterocycles. The third-order valence-corrected chi connectivity index (χ3v) is 9.69. The van der Waals surface area contributed by atoms with E-state index in [1.807, 2.05) is 24.3 Å². The number of likely N-dealkylation sites (tertiary alicyclic amines) is 1. The smallest absolute Gasteiger partial charge is 0.251 e. The van der Waals surface area contributed by atoms with E-state index in [1.54, 1.807) is 7.11 Å². The largest absolute Gasteiger partial charge is 0.489 e. The first-order valence-corrected chi connectivity index (χ1v) is 16.7. The molecule has 236 valence electrons. The first-order chi connectivity index (χ1) is 21.6. The number of benzene rings is 3. The van der Waals surface area contributed by atoms with Crippen molar-refractivity contribution in [3.05, 3.63) is 102 Å². The fourth-order valence-electron chi connectivity index (χ4n) is 7.30. The van der Waals surface area contributed by atoms with Crippen LogP contribution >= 0.6 is 0 Å². The van der Waals surface area contributed by atoms with E-state index in [2.05, 4.69) is 82.7 Å². The molecule has 2 aliphatic rings. The summed E-state index contributed by atoms with van der Waals surface area (Å²) in [7, 11) is 1.76. The minimum atomic E-state index is -0.0259. The molecule has 1 aliphatic carbocycles. The Kier molecular flexibility index (Phi) is 11.9. The summed E-state index contributed by atoms with van der Waals surface area (Å²) in [6.45, 7) is 8.34. The minimum absolute atomic E-state index is 0.00177. The monoisotopic (exact) mass is 597 g/mol. The molecule has 1 atom stereocenters. The second-order valence-electron chi connectivity index (χ2n) is 12.6. The van der Waals surface area contributed by atoms with E-state index in [9.17, 15) is 4.79 Å². The van der Waals surface area contributed by atoms with Gasteiger partial charge in [-0.2, -0.15) is 0 Å². The van der Waals surface area contributed by atoms with Crippen LogP contribution in [0.15, 0.2) is 84.9 Å². The maximum atomic E-state index is 13.4. The van der Waals surface area contributed by atoms with Gasteiger partial charge in [-0.15, -0.1) is 0 Å². The Labute approximate surface area is 264 Å². The molecule has 1 saturated carbocycles. The van der Waals surface area contributed by atoms with Crippen molar-refractivity contribution in [2.45, 2.75) is 69.4 Å². The highest BCUT2D eigenvalue weighted by Gasteiger charge is 2.37. The molecule has 1 aliphatic heterocycles. The minimum Gasteiger partial charge on any atom is -0.489 e. The number of methoxy groups -OCH3 is 1. The van der Waals surface area contributed by atoms with Gasteiger partial charge in [0.2, 0.25) is 0 Å². The van der Waals surface area contributed by atoms with Crippen molar-refractivity contribution < 1.29 is 14.3 Å². The first kappa shape index (κ1) is 32.2.